The molecule has 1 aliphatic heterocycles. The quantitative estimate of drug-likeness (QED) is 0.326. The van der Waals surface area contributed by atoms with Crippen LogP contribution in [-0.2, 0) is 0 Å². The Hall–Kier alpha value is -2.96. The number of nitrogens with zero attached hydrogens (tertiary/aromatic N) is 3. The van der Waals surface area contributed by atoms with Crippen LogP contribution in [0.2, 0.25) is 0 Å². The summed E-state index contributed by atoms with van der Waals surface area (Å²) in [5.41, 5.74) is 6.70. The molecule has 0 bridgehead atoms. The number of rotatable bonds is 4. The second-order valence-electron chi connectivity index (χ2n) is 8.07. The third kappa shape index (κ3) is 3.74. The van der Waals surface area contributed by atoms with Gasteiger partial charge in [0.05, 0.1) is 11.7 Å². The van der Waals surface area contributed by atoms with E-state index in [9.17, 15) is 0 Å². The molecule has 0 unspecified atom stereocenters. The van der Waals surface area contributed by atoms with E-state index in [4.69, 9.17) is 12.2 Å². The first-order valence-electron chi connectivity index (χ1n) is 10.5. The summed E-state index contributed by atoms with van der Waals surface area (Å²) < 4.78 is 3.34. The lowest BCUT2D eigenvalue weighted by atomic mass is 10.0. The zero-order valence-corrected chi connectivity index (χ0v) is 20.3. The van der Waals surface area contributed by atoms with E-state index in [1.54, 1.807) is 0 Å². The molecule has 1 fully saturated rings. The smallest absolute Gasteiger partial charge is 0.174 e. The van der Waals surface area contributed by atoms with Crippen LogP contribution in [0.4, 0.5) is 5.69 Å². The Balaban J connectivity index is 1.68. The minimum absolute atomic E-state index is 0.0616. The molecule has 0 radical (unpaired) electrons. The average Bonchev–Trinajstić information content (AvgIpc) is 3.40. The molecule has 0 aliphatic carbocycles. The Morgan fingerprint density at radius 3 is 2.56 bits per heavy atom. The zero-order chi connectivity index (χ0) is 22.2. The van der Waals surface area contributed by atoms with E-state index in [2.05, 4.69) is 116 Å². The number of hydrogen-bond donors (Lipinski definition) is 1. The van der Waals surface area contributed by atoms with E-state index in [0.29, 0.717) is 5.11 Å². The van der Waals surface area contributed by atoms with Crippen molar-refractivity contribution in [3.8, 4) is 5.69 Å². The molecular weight excluding hydrogens is 480 g/mol. The molecule has 2 aromatic heterocycles. The number of pyridine rings is 1. The second kappa shape index (κ2) is 8.52. The third-order valence-electron chi connectivity index (χ3n) is 5.88. The summed E-state index contributed by atoms with van der Waals surface area (Å²) in [6.45, 7) is 4.22. The molecule has 2 aromatic carbocycles. The first-order chi connectivity index (χ1) is 15.5. The van der Waals surface area contributed by atoms with Gasteiger partial charge in [0.25, 0.3) is 0 Å². The number of thiocarbonyl (C=S) groups is 1. The summed E-state index contributed by atoms with van der Waals surface area (Å²) in [4.78, 5) is 6.88. The highest BCUT2D eigenvalue weighted by Gasteiger charge is 2.42. The summed E-state index contributed by atoms with van der Waals surface area (Å²) in [6.07, 6.45) is 3.95. The number of hydrogen-bond acceptors (Lipinski definition) is 2. The van der Waals surface area contributed by atoms with E-state index < -0.39 is 0 Å². The van der Waals surface area contributed by atoms with Crippen molar-refractivity contribution in [2.75, 3.05) is 4.90 Å². The first kappa shape index (κ1) is 20.9. The summed E-state index contributed by atoms with van der Waals surface area (Å²) >= 11 is 9.50. The van der Waals surface area contributed by atoms with Gasteiger partial charge in [0, 0.05) is 33.9 Å². The summed E-state index contributed by atoms with van der Waals surface area (Å²) in [5, 5.41) is 4.25. The molecule has 4 nitrogen and oxygen atoms in total. The lowest BCUT2D eigenvalue weighted by molar-refractivity contribution is 0.549. The molecule has 1 N–H and O–H groups in total. The van der Waals surface area contributed by atoms with Crippen molar-refractivity contribution in [1.29, 1.82) is 0 Å². The topological polar surface area (TPSA) is 33.1 Å². The number of halogens is 1. The second-order valence-corrected chi connectivity index (χ2v) is 9.31. The zero-order valence-electron chi connectivity index (χ0n) is 17.9. The van der Waals surface area contributed by atoms with Crippen LogP contribution in [0.1, 0.15) is 34.6 Å². The fourth-order valence-electron chi connectivity index (χ4n) is 4.36. The molecule has 6 heteroatoms. The Morgan fingerprint density at radius 1 is 0.938 bits per heavy atom. The third-order valence-corrected chi connectivity index (χ3v) is 7.09. The predicted octanol–water partition coefficient (Wildman–Crippen LogP) is 6.43. The van der Waals surface area contributed by atoms with Gasteiger partial charge in [-0.25, -0.2) is 0 Å². The van der Waals surface area contributed by atoms with Crippen LogP contribution in [0, 0.1) is 13.8 Å². The Morgan fingerprint density at radius 2 is 1.81 bits per heavy atom. The van der Waals surface area contributed by atoms with Gasteiger partial charge in [-0.15, -0.1) is 0 Å². The predicted molar refractivity (Wildman–Crippen MR) is 137 cm³/mol. The van der Waals surface area contributed by atoms with Crippen molar-refractivity contribution in [2.24, 2.45) is 0 Å². The maximum absolute atomic E-state index is 5.87. The van der Waals surface area contributed by atoms with Gasteiger partial charge in [-0.1, -0.05) is 34.1 Å². The minimum Gasteiger partial charge on any atom is -0.351 e. The summed E-state index contributed by atoms with van der Waals surface area (Å²) in [7, 11) is 0. The van der Waals surface area contributed by atoms with Gasteiger partial charge in [-0.3, -0.25) is 4.98 Å². The van der Waals surface area contributed by atoms with Crippen LogP contribution in [0.25, 0.3) is 5.69 Å². The standard InChI is InChI=1S/C26H23BrN4S/c1-17-7-5-8-19(15-17)30-14-6-10-23(30)25-24(22-9-3-4-13-28-22)29-26(32)31(25)20-11-12-21(27)18(2)16-20/h3-16,24-25H,1-2H3,(H,29,32)/t24-,25-/m0/s1. The molecule has 3 heterocycles. The van der Waals surface area contributed by atoms with Crippen molar-refractivity contribution in [3.05, 3.63) is 112 Å². The van der Waals surface area contributed by atoms with E-state index in [-0.39, 0.29) is 12.1 Å². The van der Waals surface area contributed by atoms with Crippen molar-refractivity contribution in [1.82, 2.24) is 14.9 Å². The molecule has 0 saturated carbocycles. The maximum atomic E-state index is 5.87. The largest absolute Gasteiger partial charge is 0.351 e. The fourth-order valence-corrected chi connectivity index (χ4v) is 4.95. The molecule has 2 atom stereocenters. The average molecular weight is 503 g/mol. The highest BCUT2D eigenvalue weighted by molar-refractivity contribution is 9.10. The van der Waals surface area contributed by atoms with Gasteiger partial charge in [0.15, 0.2) is 5.11 Å². The maximum Gasteiger partial charge on any atom is 0.174 e. The Bertz CT molecular complexity index is 1280. The monoisotopic (exact) mass is 502 g/mol. The molecule has 0 spiro atoms. The van der Waals surface area contributed by atoms with E-state index in [1.807, 2.05) is 18.3 Å². The van der Waals surface area contributed by atoms with Gasteiger partial charge in [-0.05, 0) is 91.8 Å². The van der Waals surface area contributed by atoms with Crippen molar-refractivity contribution >= 4 is 38.9 Å². The van der Waals surface area contributed by atoms with E-state index >= 15 is 0 Å². The number of aryl methyl sites for hydroxylation is 2. The normalized spacial score (nSPS) is 18.1. The fraction of sp³-hybridized carbons (Fsp3) is 0.154. The van der Waals surface area contributed by atoms with Crippen LogP contribution >= 0.6 is 28.1 Å². The van der Waals surface area contributed by atoms with Gasteiger partial charge in [0.2, 0.25) is 0 Å². The lowest BCUT2D eigenvalue weighted by Gasteiger charge is -2.29. The van der Waals surface area contributed by atoms with Crippen molar-refractivity contribution in [2.45, 2.75) is 25.9 Å². The van der Waals surface area contributed by atoms with Gasteiger partial charge in [0.1, 0.15) is 6.04 Å². The number of benzene rings is 2. The molecule has 5 rings (SSSR count). The molecule has 32 heavy (non-hydrogen) atoms. The Labute approximate surface area is 202 Å². The van der Waals surface area contributed by atoms with Crippen LogP contribution in [0.3, 0.4) is 0 Å². The van der Waals surface area contributed by atoms with Gasteiger partial charge < -0.3 is 14.8 Å². The minimum atomic E-state index is -0.0777. The van der Waals surface area contributed by atoms with Crippen LogP contribution < -0.4 is 10.2 Å². The van der Waals surface area contributed by atoms with Crippen LogP contribution in [0.5, 0.6) is 0 Å². The SMILES string of the molecule is Cc1cccc(-n2cccc2[C@H]2[C@H](c3ccccn3)NC(=S)N2c2ccc(Br)c(C)c2)c1. The molecular formula is C26H23BrN4S. The molecule has 4 aromatic rings. The number of nitrogens with one attached hydrogen (secondary N) is 1. The van der Waals surface area contributed by atoms with E-state index in [0.717, 1.165) is 27.2 Å². The first-order valence-corrected chi connectivity index (χ1v) is 11.7. The summed E-state index contributed by atoms with van der Waals surface area (Å²) in [5.74, 6) is 0. The van der Waals surface area contributed by atoms with Crippen LogP contribution in [-0.4, -0.2) is 14.7 Å². The van der Waals surface area contributed by atoms with Crippen LogP contribution in [0.15, 0.2) is 89.7 Å². The van der Waals surface area contributed by atoms with Crippen molar-refractivity contribution in [3.63, 3.8) is 0 Å². The van der Waals surface area contributed by atoms with Crippen molar-refractivity contribution < 1.29 is 0 Å². The highest BCUT2D eigenvalue weighted by atomic mass is 79.9. The number of anilines is 1. The lowest BCUT2D eigenvalue weighted by Crippen LogP contribution is -2.30. The Kier molecular flexibility index (Phi) is 5.57. The van der Waals surface area contributed by atoms with Gasteiger partial charge in [-0.2, -0.15) is 0 Å². The van der Waals surface area contributed by atoms with Gasteiger partial charge >= 0.3 is 0 Å². The molecule has 160 valence electrons. The number of aromatic nitrogens is 2. The summed E-state index contributed by atoms with van der Waals surface area (Å²) in [6, 6.07) is 25.1. The molecule has 1 saturated heterocycles. The molecule has 0 amide bonds. The van der Waals surface area contributed by atoms with E-state index in [1.165, 1.54) is 11.1 Å². The molecule has 1 aliphatic rings. The highest BCUT2D eigenvalue weighted by Crippen LogP contribution is 2.42.